The molecule has 1 fully saturated rings. The van der Waals surface area contributed by atoms with Crippen LogP contribution in [-0.2, 0) is 9.59 Å². The molecular formula is C11H22N2O2. The zero-order valence-electron chi connectivity index (χ0n) is 10.0. The van der Waals surface area contributed by atoms with Crippen LogP contribution in [0.2, 0.25) is 0 Å². The van der Waals surface area contributed by atoms with E-state index in [1.54, 1.807) is 14.1 Å². The predicted octanol–water partition coefficient (Wildman–Crippen LogP) is 1.11. The molecule has 1 saturated heterocycles. The minimum absolute atomic E-state index is 0.355. The quantitative estimate of drug-likeness (QED) is 0.658. The molecule has 4 nitrogen and oxygen atoms in total. The van der Waals surface area contributed by atoms with Crippen LogP contribution in [0.1, 0.15) is 32.6 Å². The van der Waals surface area contributed by atoms with Crippen molar-refractivity contribution in [3.8, 4) is 0 Å². The zero-order chi connectivity index (χ0) is 11.7. The SMILES string of the molecule is CCCCN1CCCC1=O.CN(C)C=O. The standard InChI is InChI=1S/C8H15NO.C3H7NO/c1-2-3-6-9-7-4-5-8(9)10;1-4(2)3-5/h2-7H2,1H3;3H,1-2H3. The minimum Gasteiger partial charge on any atom is -0.351 e. The Labute approximate surface area is 92.2 Å². The summed E-state index contributed by atoms with van der Waals surface area (Å²) in [5, 5.41) is 0. The molecule has 88 valence electrons. The number of carbonyl (C=O) groups excluding carboxylic acids is 2. The summed E-state index contributed by atoms with van der Waals surface area (Å²) in [7, 11) is 3.38. The Morgan fingerprint density at radius 3 is 2.40 bits per heavy atom. The summed E-state index contributed by atoms with van der Waals surface area (Å²) in [4.78, 5) is 23.9. The van der Waals surface area contributed by atoms with Gasteiger partial charge in [-0.25, -0.2) is 0 Å². The summed E-state index contributed by atoms with van der Waals surface area (Å²) in [5.74, 6) is 0.355. The molecule has 1 aliphatic rings. The van der Waals surface area contributed by atoms with Crippen LogP contribution in [0.4, 0.5) is 0 Å². The molecule has 0 atom stereocenters. The summed E-state index contributed by atoms with van der Waals surface area (Å²) >= 11 is 0. The molecule has 1 heterocycles. The fourth-order valence-electron chi connectivity index (χ4n) is 1.29. The average Bonchev–Trinajstić information content (AvgIpc) is 2.62. The summed E-state index contributed by atoms with van der Waals surface area (Å²) in [5.41, 5.74) is 0. The van der Waals surface area contributed by atoms with Gasteiger partial charge in [-0.05, 0) is 12.8 Å². The van der Waals surface area contributed by atoms with Gasteiger partial charge in [0.05, 0.1) is 0 Å². The molecule has 0 aromatic carbocycles. The number of rotatable bonds is 4. The molecule has 1 aliphatic heterocycles. The van der Waals surface area contributed by atoms with Crippen molar-refractivity contribution in [1.82, 2.24) is 9.80 Å². The maximum atomic E-state index is 11.0. The lowest BCUT2D eigenvalue weighted by Gasteiger charge is -2.13. The molecule has 0 aliphatic carbocycles. The Bertz CT molecular complexity index is 193. The molecule has 1 rings (SSSR count). The van der Waals surface area contributed by atoms with Crippen LogP contribution in [0.25, 0.3) is 0 Å². The topological polar surface area (TPSA) is 40.6 Å². The summed E-state index contributed by atoms with van der Waals surface area (Å²) in [6.45, 7) is 4.13. The van der Waals surface area contributed by atoms with Gasteiger partial charge in [0, 0.05) is 33.6 Å². The van der Waals surface area contributed by atoms with Gasteiger partial charge in [0.25, 0.3) is 0 Å². The highest BCUT2D eigenvalue weighted by molar-refractivity contribution is 5.77. The van der Waals surface area contributed by atoms with E-state index in [-0.39, 0.29) is 0 Å². The fraction of sp³-hybridized carbons (Fsp3) is 0.818. The maximum Gasteiger partial charge on any atom is 0.222 e. The average molecular weight is 214 g/mol. The van der Waals surface area contributed by atoms with Gasteiger partial charge >= 0.3 is 0 Å². The monoisotopic (exact) mass is 214 g/mol. The summed E-state index contributed by atoms with van der Waals surface area (Å²) < 4.78 is 0. The van der Waals surface area contributed by atoms with E-state index < -0.39 is 0 Å². The van der Waals surface area contributed by atoms with Gasteiger partial charge in [-0.3, -0.25) is 9.59 Å². The number of unbranched alkanes of at least 4 members (excludes halogenated alkanes) is 1. The van der Waals surface area contributed by atoms with Crippen LogP contribution >= 0.6 is 0 Å². The van der Waals surface area contributed by atoms with Crippen LogP contribution in [0.3, 0.4) is 0 Å². The van der Waals surface area contributed by atoms with E-state index in [9.17, 15) is 9.59 Å². The molecule has 4 heteroatoms. The lowest BCUT2D eigenvalue weighted by atomic mass is 10.3. The van der Waals surface area contributed by atoms with E-state index in [2.05, 4.69) is 6.92 Å². The van der Waals surface area contributed by atoms with Crippen LogP contribution in [0.5, 0.6) is 0 Å². The molecule has 0 N–H and O–H groups in total. The van der Waals surface area contributed by atoms with E-state index in [4.69, 9.17) is 0 Å². The van der Waals surface area contributed by atoms with Crippen molar-refractivity contribution in [1.29, 1.82) is 0 Å². The fourth-order valence-corrected chi connectivity index (χ4v) is 1.29. The van der Waals surface area contributed by atoms with Gasteiger partial charge in [-0.15, -0.1) is 0 Å². The molecule has 0 aromatic rings. The van der Waals surface area contributed by atoms with E-state index >= 15 is 0 Å². The van der Waals surface area contributed by atoms with Gasteiger partial charge < -0.3 is 9.80 Å². The second-order valence-corrected chi connectivity index (χ2v) is 3.91. The third-order valence-electron chi connectivity index (χ3n) is 2.16. The van der Waals surface area contributed by atoms with Crippen molar-refractivity contribution < 1.29 is 9.59 Å². The molecule has 2 amide bonds. The molecule has 15 heavy (non-hydrogen) atoms. The first-order valence-corrected chi connectivity index (χ1v) is 5.51. The van der Waals surface area contributed by atoms with Gasteiger partial charge in [-0.2, -0.15) is 0 Å². The van der Waals surface area contributed by atoms with Crippen molar-refractivity contribution >= 4 is 12.3 Å². The Morgan fingerprint density at radius 2 is 2.07 bits per heavy atom. The van der Waals surface area contributed by atoms with E-state index in [1.165, 1.54) is 11.3 Å². The second kappa shape index (κ2) is 8.26. The lowest BCUT2D eigenvalue weighted by Crippen LogP contribution is -2.25. The van der Waals surface area contributed by atoms with Gasteiger partial charge in [0.15, 0.2) is 0 Å². The van der Waals surface area contributed by atoms with Crippen molar-refractivity contribution in [3.05, 3.63) is 0 Å². The van der Waals surface area contributed by atoms with Crippen molar-refractivity contribution in [3.63, 3.8) is 0 Å². The Morgan fingerprint density at radius 1 is 1.47 bits per heavy atom. The number of carbonyl (C=O) groups is 2. The third kappa shape index (κ3) is 6.94. The highest BCUT2D eigenvalue weighted by atomic mass is 16.2. The van der Waals surface area contributed by atoms with E-state index in [1.807, 2.05) is 4.90 Å². The molecule has 0 bridgehead atoms. The van der Waals surface area contributed by atoms with Crippen LogP contribution in [0, 0.1) is 0 Å². The molecule has 0 unspecified atom stereocenters. The normalized spacial score (nSPS) is 14.6. The van der Waals surface area contributed by atoms with Crippen LogP contribution in [0.15, 0.2) is 0 Å². The highest BCUT2D eigenvalue weighted by Gasteiger charge is 2.18. The Kier molecular flexibility index (Phi) is 7.68. The smallest absolute Gasteiger partial charge is 0.222 e. The Balaban J connectivity index is 0.000000336. The van der Waals surface area contributed by atoms with E-state index in [0.717, 1.165) is 38.8 Å². The van der Waals surface area contributed by atoms with Crippen molar-refractivity contribution in [2.24, 2.45) is 0 Å². The first-order chi connectivity index (χ1) is 7.11. The second-order valence-electron chi connectivity index (χ2n) is 3.91. The molecule has 0 spiro atoms. The first-order valence-electron chi connectivity index (χ1n) is 5.51. The zero-order valence-corrected chi connectivity index (χ0v) is 10.0. The number of hydrogen-bond donors (Lipinski definition) is 0. The molecule has 0 aromatic heterocycles. The minimum atomic E-state index is 0.355. The Hall–Kier alpha value is -1.06. The maximum absolute atomic E-state index is 11.0. The molecule has 0 saturated carbocycles. The number of amides is 2. The van der Waals surface area contributed by atoms with Crippen LogP contribution < -0.4 is 0 Å². The third-order valence-corrected chi connectivity index (χ3v) is 2.16. The van der Waals surface area contributed by atoms with Gasteiger partial charge in [0.1, 0.15) is 0 Å². The summed E-state index contributed by atoms with van der Waals surface area (Å²) in [6.07, 6.45) is 4.95. The van der Waals surface area contributed by atoms with Gasteiger partial charge in [0.2, 0.25) is 12.3 Å². The largest absolute Gasteiger partial charge is 0.351 e. The number of nitrogens with zero attached hydrogens (tertiary/aromatic N) is 2. The van der Waals surface area contributed by atoms with Gasteiger partial charge in [-0.1, -0.05) is 13.3 Å². The highest BCUT2D eigenvalue weighted by Crippen LogP contribution is 2.09. The lowest BCUT2D eigenvalue weighted by molar-refractivity contribution is -0.127. The molecular weight excluding hydrogens is 192 g/mol. The van der Waals surface area contributed by atoms with Crippen molar-refractivity contribution in [2.75, 3.05) is 27.2 Å². The molecule has 0 radical (unpaired) electrons. The number of likely N-dealkylation sites (tertiary alicyclic amines) is 1. The first kappa shape index (κ1) is 13.9. The van der Waals surface area contributed by atoms with Crippen molar-refractivity contribution in [2.45, 2.75) is 32.6 Å². The number of hydrogen-bond acceptors (Lipinski definition) is 2. The van der Waals surface area contributed by atoms with E-state index in [0.29, 0.717) is 5.91 Å². The van der Waals surface area contributed by atoms with Crippen LogP contribution in [-0.4, -0.2) is 49.3 Å². The predicted molar refractivity (Wildman–Crippen MR) is 60.5 cm³/mol. The summed E-state index contributed by atoms with van der Waals surface area (Å²) in [6, 6.07) is 0.